The van der Waals surface area contributed by atoms with Gasteiger partial charge in [-0.05, 0) is 43.2 Å². The Balaban J connectivity index is 1.85. The van der Waals surface area contributed by atoms with Gasteiger partial charge in [0.1, 0.15) is 5.75 Å². The zero-order valence-corrected chi connectivity index (χ0v) is 16.7. The standard InChI is InChI=1S/C20H22Cl2N2O3/c1-3-13(2)24-20(26)15-6-4-5-14(9-15)11-23-19(25)12-27-16-7-8-17(21)18(22)10-16/h4-10,13H,3,11-12H2,1-2H3,(H,23,25)(H,24,26). The van der Waals surface area contributed by atoms with Gasteiger partial charge in [0.15, 0.2) is 6.61 Å². The molecule has 0 aromatic heterocycles. The van der Waals surface area contributed by atoms with Crippen LogP contribution < -0.4 is 15.4 Å². The Bertz CT molecular complexity index is 812. The highest BCUT2D eigenvalue weighted by molar-refractivity contribution is 6.42. The van der Waals surface area contributed by atoms with Crippen LogP contribution in [0.2, 0.25) is 10.0 Å². The fourth-order valence-electron chi connectivity index (χ4n) is 2.20. The second-order valence-electron chi connectivity index (χ2n) is 6.12. The lowest BCUT2D eigenvalue weighted by Gasteiger charge is -2.12. The Labute approximate surface area is 169 Å². The Kier molecular flexibility index (Phi) is 7.95. The summed E-state index contributed by atoms with van der Waals surface area (Å²) < 4.78 is 5.39. The number of carbonyl (C=O) groups is 2. The van der Waals surface area contributed by atoms with E-state index in [1.54, 1.807) is 36.4 Å². The van der Waals surface area contributed by atoms with Gasteiger partial charge in [0.2, 0.25) is 0 Å². The van der Waals surface area contributed by atoms with Crippen LogP contribution in [0.5, 0.6) is 5.75 Å². The van der Waals surface area contributed by atoms with E-state index in [9.17, 15) is 9.59 Å². The highest BCUT2D eigenvalue weighted by Gasteiger charge is 2.10. The molecule has 0 aliphatic heterocycles. The molecule has 1 unspecified atom stereocenters. The number of carbonyl (C=O) groups excluding carboxylic acids is 2. The van der Waals surface area contributed by atoms with Gasteiger partial charge in [0.25, 0.3) is 11.8 Å². The van der Waals surface area contributed by atoms with E-state index < -0.39 is 0 Å². The minimum absolute atomic E-state index is 0.111. The van der Waals surface area contributed by atoms with E-state index in [4.69, 9.17) is 27.9 Å². The van der Waals surface area contributed by atoms with Crippen molar-refractivity contribution in [3.05, 3.63) is 63.6 Å². The quantitative estimate of drug-likeness (QED) is 0.686. The molecule has 0 bridgehead atoms. The Morgan fingerprint density at radius 1 is 1.11 bits per heavy atom. The SMILES string of the molecule is CCC(C)NC(=O)c1cccc(CNC(=O)COc2ccc(Cl)c(Cl)c2)c1. The molecule has 0 heterocycles. The van der Waals surface area contributed by atoms with E-state index in [-0.39, 0.29) is 24.5 Å². The number of benzene rings is 2. The zero-order valence-electron chi connectivity index (χ0n) is 15.2. The van der Waals surface area contributed by atoms with Gasteiger partial charge in [-0.25, -0.2) is 0 Å². The molecular weight excluding hydrogens is 387 g/mol. The van der Waals surface area contributed by atoms with Crippen molar-refractivity contribution in [2.45, 2.75) is 32.9 Å². The van der Waals surface area contributed by atoms with Gasteiger partial charge in [-0.1, -0.05) is 42.3 Å². The first-order valence-electron chi connectivity index (χ1n) is 8.63. The summed E-state index contributed by atoms with van der Waals surface area (Å²) >= 11 is 11.7. The molecule has 27 heavy (non-hydrogen) atoms. The zero-order chi connectivity index (χ0) is 19.8. The summed E-state index contributed by atoms with van der Waals surface area (Å²) in [6.45, 7) is 4.12. The molecule has 0 aliphatic rings. The van der Waals surface area contributed by atoms with Crippen LogP contribution >= 0.6 is 23.2 Å². The Hall–Kier alpha value is -2.24. The average molecular weight is 409 g/mol. The third-order valence-electron chi connectivity index (χ3n) is 3.93. The smallest absolute Gasteiger partial charge is 0.258 e. The lowest BCUT2D eigenvalue weighted by atomic mass is 10.1. The van der Waals surface area contributed by atoms with Gasteiger partial charge in [-0.15, -0.1) is 0 Å². The highest BCUT2D eigenvalue weighted by atomic mass is 35.5. The minimum atomic E-state index is -0.282. The van der Waals surface area contributed by atoms with Gasteiger partial charge in [0, 0.05) is 24.2 Å². The predicted octanol–water partition coefficient (Wildman–Crippen LogP) is 4.22. The molecule has 7 heteroatoms. The predicted molar refractivity (Wildman–Crippen MR) is 107 cm³/mol. The van der Waals surface area contributed by atoms with Crippen molar-refractivity contribution in [1.82, 2.24) is 10.6 Å². The molecule has 0 spiro atoms. The molecule has 0 saturated heterocycles. The number of halogens is 2. The molecule has 1 atom stereocenters. The van der Waals surface area contributed by atoms with Crippen LogP contribution in [-0.2, 0) is 11.3 Å². The summed E-state index contributed by atoms with van der Waals surface area (Å²) in [6, 6.07) is 12.1. The molecule has 2 amide bonds. The molecule has 2 rings (SSSR count). The van der Waals surface area contributed by atoms with Gasteiger partial charge in [-0.2, -0.15) is 0 Å². The van der Waals surface area contributed by atoms with Crippen LogP contribution in [0.1, 0.15) is 36.2 Å². The molecule has 2 aromatic rings. The van der Waals surface area contributed by atoms with Gasteiger partial charge in [0.05, 0.1) is 10.0 Å². The van der Waals surface area contributed by atoms with Crippen LogP contribution in [0.3, 0.4) is 0 Å². The maximum absolute atomic E-state index is 12.2. The van der Waals surface area contributed by atoms with Crippen molar-refractivity contribution >= 4 is 35.0 Å². The number of rotatable bonds is 8. The first-order chi connectivity index (χ1) is 12.9. The summed E-state index contributed by atoms with van der Waals surface area (Å²) in [7, 11) is 0. The van der Waals surface area contributed by atoms with E-state index >= 15 is 0 Å². The molecule has 0 aliphatic carbocycles. The summed E-state index contributed by atoms with van der Waals surface area (Å²) in [5, 5.41) is 6.46. The molecule has 2 N–H and O–H groups in total. The van der Waals surface area contributed by atoms with E-state index in [1.165, 1.54) is 0 Å². The summed E-state index contributed by atoms with van der Waals surface area (Å²) in [5.74, 6) is 0.0549. The summed E-state index contributed by atoms with van der Waals surface area (Å²) in [6.07, 6.45) is 0.861. The Morgan fingerprint density at radius 2 is 1.89 bits per heavy atom. The van der Waals surface area contributed by atoms with E-state index in [2.05, 4.69) is 10.6 Å². The monoisotopic (exact) mass is 408 g/mol. The van der Waals surface area contributed by atoms with E-state index in [0.717, 1.165) is 12.0 Å². The number of ether oxygens (including phenoxy) is 1. The Morgan fingerprint density at radius 3 is 2.59 bits per heavy atom. The fourth-order valence-corrected chi connectivity index (χ4v) is 2.49. The second kappa shape index (κ2) is 10.2. The number of nitrogens with one attached hydrogen (secondary N) is 2. The maximum Gasteiger partial charge on any atom is 0.258 e. The molecule has 0 saturated carbocycles. The molecular formula is C20H22Cl2N2O3. The van der Waals surface area contributed by atoms with Crippen LogP contribution in [0.15, 0.2) is 42.5 Å². The molecule has 2 aromatic carbocycles. The third kappa shape index (κ3) is 6.77. The van der Waals surface area contributed by atoms with Gasteiger partial charge >= 0.3 is 0 Å². The average Bonchev–Trinajstić information content (AvgIpc) is 2.67. The van der Waals surface area contributed by atoms with Crippen LogP contribution in [0.4, 0.5) is 0 Å². The molecule has 0 radical (unpaired) electrons. The number of amides is 2. The van der Waals surface area contributed by atoms with E-state index in [1.807, 2.05) is 19.9 Å². The maximum atomic E-state index is 12.2. The minimum Gasteiger partial charge on any atom is -0.484 e. The van der Waals surface area contributed by atoms with E-state index in [0.29, 0.717) is 27.9 Å². The topological polar surface area (TPSA) is 67.4 Å². The van der Waals surface area contributed by atoms with Crippen LogP contribution in [0, 0.1) is 0 Å². The first-order valence-corrected chi connectivity index (χ1v) is 9.39. The number of hydrogen-bond acceptors (Lipinski definition) is 3. The number of hydrogen-bond donors (Lipinski definition) is 2. The lowest BCUT2D eigenvalue weighted by Crippen LogP contribution is -2.32. The lowest BCUT2D eigenvalue weighted by molar-refractivity contribution is -0.123. The molecule has 144 valence electrons. The summed E-state index contributed by atoms with van der Waals surface area (Å²) in [5.41, 5.74) is 1.39. The van der Waals surface area contributed by atoms with Crippen LogP contribution in [-0.4, -0.2) is 24.5 Å². The van der Waals surface area contributed by atoms with Gasteiger partial charge < -0.3 is 15.4 Å². The van der Waals surface area contributed by atoms with Crippen molar-refractivity contribution in [2.24, 2.45) is 0 Å². The van der Waals surface area contributed by atoms with Crippen molar-refractivity contribution < 1.29 is 14.3 Å². The fraction of sp³-hybridized carbons (Fsp3) is 0.300. The summed E-state index contributed by atoms with van der Waals surface area (Å²) in [4.78, 5) is 24.1. The highest BCUT2D eigenvalue weighted by Crippen LogP contribution is 2.26. The first kappa shape index (κ1) is 21.1. The molecule has 0 fully saturated rings. The third-order valence-corrected chi connectivity index (χ3v) is 4.67. The normalized spacial score (nSPS) is 11.6. The van der Waals surface area contributed by atoms with Crippen molar-refractivity contribution in [3.63, 3.8) is 0 Å². The van der Waals surface area contributed by atoms with Crippen molar-refractivity contribution in [3.8, 4) is 5.75 Å². The van der Waals surface area contributed by atoms with Crippen LogP contribution in [0.25, 0.3) is 0 Å². The second-order valence-corrected chi connectivity index (χ2v) is 6.94. The largest absolute Gasteiger partial charge is 0.484 e. The molecule has 5 nitrogen and oxygen atoms in total. The van der Waals surface area contributed by atoms with Gasteiger partial charge in [-0.3, -0.25) is 9.59 Å². The van der Waals surface area contributed by atoms with Crippen molar-refractivity contribution in [2.75, 3.05) is 6.61 Å². The van der Waals surface area contributed by atoms with Crippen molar-refractivity contribution in [1.29, 1.82) is 0 Å².